The predicted octanol–water partition coefficient (Wildman–Crippen LogP) is 5.76. The van der Waals surface area contributed by atoms with Crippen LogP contribution < -0.4 is 10.0 Å². The Balaban J connectivity index is 1.22. The molecular formula is C27H22ClN3O5S2. The Labute approximate surface area is 229 Å². The second kappa shape index (κ2) is 10.9. The van der Waals surface area contributed by atoms with Crippen LogP contribution in [0, 0.1) is 0 Å². The highest BCUT2D eigenvalue weighted by molar-refractivity contribution is 8.00. The van der Waals surface area contributed by atoms with Gasteiger partial charge in [0, 0.05) is 22.0 Å². The molecule has 1 fully saturated rings. The topological polar surface area (TPSA) is 109 Å². The summed E-state index contributed by atoms with van der Waals surface area (Å²) >= 11 is 7.37. The number of hydrogen-bond acceptors (Lipinski definition) is 6. The molecule has 3 aromatic carbocycles. The molecule has 0 bridgehead atoms. The quantitative estimate of drug-likeness (QED) is 0.280. The molecule has 11 heteroatoms. The summed E-state index contributed by atoms with van der Waals surface area (Å²) in [5.74, 6) is 0.789. The van der Waals surface area contributed by atoms with Crippen molar-refractivity contribution in [2.24, 2.45) is 0 Å². The molecule has 0 spiro atoms. The van der Waals surface area contributed by atoms with Crippen LogP contribution in [-0.2, 0) is 21.4 Å². The van der Waals surface area contributed by atoms with Gasteiger partial charge < -0.3 is 14.6 Å². The van der Waals surface area contributed by atoms with Crippen LogP contribution in [0.4, 0.5) is 11.4 Å². The summed E-state index contributed by atoms with van der Waals surface area (Å²) in [5, 5.41) is 3.11. The van der Waals surface area contributed by atoms with Crippen molar-refractivity contribution in [3.63, 3.8) is 0 Å². The maximum absolute atomic E-state index is 12.8. The number of nitrogens with one attached hydrogen (secondary N) is 2. The molecule has 5 rings (SSSR count). The molecular weight excluding hydrogens is 546 g/mol. The van der Waals surface area contributed by atoms with E-state index in [9.17, 15) is 18.0 Å². The molecule has 1 aromatic heterocycles. The lowest BCUT2D eigenvalue weighted by Gasteiger charge is -2.23. The van der Waals surface area contributed by atoms with E-state index in [1.807, 2.05) is 18.2 Å². The van der Waals surface area contributed by atoms with Crippen molar-refractivity contribution in [1.29, 1.82) is 0 Å². The number of thioether (sulfide) groups is 1. The van der Waals surface area contributed by atoms with Gasteiger partial charge in [0.25, 0.3) is 15.9 Å². The maximum Gasteiger partial charge on any atom is 0.261 e. The van der Waals surface area contributed by atoms with Crippen LogP contribution in [0.5, 0.6) is 0 Å². The number of carbonyl (C=O) groups excluding carboxylic acids is 2. The van der Waals surface area contributed by atoms with Crippen LogP contribution in [0.15, 0.2) is 101 Å². The molecule has 8 nitrogen and oxygen atoms in total. The van der Waals surface area contributed by atoms with Crippen LogP contribution in [0.25, 0.3) is 0 Å². The zero-order valence-electron chi connectivity index (χ0n) is 19.8. The summed E-state index contributed by atoms with van der Waals surface area (Å²) in [6.45, 7) is 0.382. The Morgan fingerprint density at radius 1 is 0.974 bits per heavy atom. The molecule has 0 saturated carbocycles. The molecule has 0 aliphatic carbocycles. The molecule has 2 heterocycles. The summed E-state index contributed by atoms with van der Waals surface area (Å²) in [6.07, 6.45) is 1.58. The predicted molar refractivity (Wildman–Crippen MR) is 148 cm³/mol. The first-order valence-corrected chi connectivity index (χ1v) is 14.4. The number of rotatable bonds is 8. The molecule has 1 aliphatic heterocycles. The molecule has 194 valence electrons. The van der Waals surface area contributed by atoms with Crippen molar-refractivity contribution in [2.75, 3.05) is 15.8 Å². The van der Waals surface area contributed by atoms with E-state index >= 15 is 0 Å². The third-order valence-corrected chi connectivity index (χ3v) is 8.76. The number of benzene rings is 3. The summed E-state index contributed by atoms with van der Waals surface area (Å²) in [5.41, 5.74) is 2.18. The lowest BCUT2D eigenvalue weighted by molar-refractivity contribution is -0.128. The second-order valence-electron chi connectivity index (χ2n) is 8.48. The zero-order chi connectivity index (χ0) is 26.7. The van der Waals surface area contributed by atoms with Crippen LogP contribution in [0.3, 0.4) is 0 Å². The summed E-state index contributed by atoms with van der Waals surface area (Å²) in [6, 6.07) is 22.9. The fourth-order valence-corrected chi connectivity index (χ4v) is 6.30. The Hall–Kier alpha value is -3.73. The smallest absolute Gasteiger partial charge is 0.261 e. The third kappa shape index (κ3) is 5.88. The number of amides is 2. The molecule has 1 aliphatic rings. The fraction of sp³-hybridized carbons (Fsp3) is 0.111. The number of carbonyl (C=O) groups is 2. The summed E-state index contributed by atoms with van der Waals surface area (Å²) < 4.78 is 33.2. The van der Waals surface area contributed by atoms with Crippen molar-refractivity contribution >= 4 is 56.6 Å². The van der Waals surface area contributed by atoms with Gasteiger partial charge in [-0.15, -0.1) is 11.8 Å². The number of hydrogen-bond donors (Lipinski definition) is 2. The first-order chi connectivity index (χ1) is 18.3. The zero-order valence-corrected chi connectivity index (χ0v) is 22.2. The molecule has 1 atom stereocenters. The van der Waals surface area contributed by atoms with Gasteiger partial charge in [0.2, 0.25) is 5.91 Å². The highest BCUT2D eigenvalue weighted by Crippen LogP contribution is 2.39. The summed E-state index contributed by atoms with van der Waals surface area (Å²) in [7, 11) is -3.80. The molecule has 2 amide bonds. The van der Waals surface area contributed by atoms with Gasteiger partial charge in [-0.2, -0.15) is 0 Å². The lowest BCUT2D eigenvalue weighted by Crippen LogP contribution is -2.27. The third-order valence-electron chi connectivity index (χ3n) is 5.85. The van der Waals surface area contributed by atoms with E-state index in [0.717, 1.165) is 5.56 Å². The molecule has 0 radical (unpaired) electrons. The van der Waals surface area contributed by atoms with Crippen molar-refractivity contribution in [2.45, 2.75) is 16.8 Å². The van der Waals surface area contributed by atoms with Gasteiger partial charge in [-0.3, -0.25) is 14.3 Å². The molecule has 0 unspecified atom stereocenters. The summed E-state index contributed by atoms with van der Waals surface area (Å²) in [4.78, 5) is 27.0. The van der Waals surface area contributed by atoms with Crippen molar-refractivity contribution < 1.29 is 22.4 Å². The van der Waals surface area contributed by atoms with E-state index in [1.165, 1.54) is 36.0 Å². The monoisotopic (exact) mass is 567 g/mol. The second-order valence-corrected chi connectivity index (χ2v) is 11.7. The van der Waals surface area contributed by atoms with E-state index < -0.39 is 10.0 Å². The maximum atomic E-state index is 12.8. The van der Waals surface area contributed by atoms with Gasteiger partial charge in [0.05, 0.1) is 23.5 Å². The average Bonchev–Trinajstić information content (AvgIpc) is 3.56. The Kier molecular flexibility index (Phi) is 7.46. The van der Waals surface area contributed by atoms with E-state index in [2.05, 4.69) is 10.0 Å². The normalized spacial score (nSPS) is 15.4. The first-order valence-electron chi connectivity index (χ1n) is 11.5. The lowest BCUT2D eigenvalue weighted by atomic mass is 10.1. The SMILES string of the molecule is O=C(Nc1ccc(S(=O)(=O)Nc2ccc(Cl)cc2)cc1)c1ccc([C@H]2SCC(=O)N2Cc2ccco2)cc1. The number of nitrogens with zero attached hydrogens (tertiary/aromatic N) is 1. The van der Waals surface area contributed by atoms with Gasteiger partial charge in [-0.1, -0.05) is 23.7 Å². The van der Waals surface area contributed by atoms with Gasteiger partial charge in [-0.25, -0.2) is 8.42 Å². The number of halogens is 1. The standard InChI is InChI=1S/C27H22ClN3O5S2/c28-20-7-9-22(10-8-20)30-38(34,35)24-13-11-21(12-14-24)29-26(33)18-3-5-19(6-4-18)27-31(25(32)17-37-27)16-23-2-1-15-36-23/h1-15,27,30H,16-17H2,(H,29,33)/t27-/m1/s1. The molecule has 38 heavy (non-hydrogen) atoms. The van der Waals surface area contributed by atoms with Gasteiger partial charge in [-0.05, 0) is 78.4 Å². The van der Waals surface area contributed by atoms with Crippen LogP contribution in [0.2, 0.25) is 5.02 Å². The Morgan fingerprint density at radius 2 is 1.66 bits per heavy atom. The van der Waals surface area contributed by atoms with E-state index in [0.29, 0.717) is 40.0 Å². The Bertz CT molecular complexity index is 1540. The number of anilines is 2. The van der Waals surface area contributed by atoms with Crippen molar-refractivity contribution in [3.05, 3.63) is 113 Å². The minimum absolute atomic E-state index is 0.0343. The minimum Gasteiger partial charge on any atom is -0.467 e. The average molecular weight is 568 g/mol. The van der Waals surface area contributed by atoms with E-state index in [4.69, 9.17) is 16.0 Å². The Morgan fingerprint density at radius 3 is 2.32 bits per heavy atom. The molecule has 4 aromatic rings. The van der Waals surface area contributed by atoms with Gasteiger partial charge in [0.1, 0.15) is 11.1 Å². The fourth-order valence-electron chi connectivity index (χ4n) is 3.92. The largest absolute Gasteiger partial charge is 0.467 e. The number of furan rings is 1. The first kappa shape index (κ1) is 25.9. The number of sulfonamides is 1. The van der Waals surface area contributed by atoms with Gasteiger partial charge >= 0.3 is 0 Å². The van der Waals surface area contributed by atoms with Gasteiger partial charge in [0.15, 0.2) is 0 Å². The highest BCUT2D eigenvalue weighted by Gasteiger charge is 2.33. The minimum atomic E-state index is -3.80. The highest BCUT2D eigenvalue weighted by atomic mass is 35.5. The van der Waals surface area contributed by atoms with Crippen molar-refractivity contribution in [1.82, 2.24) is 4.90 Å². The van der Waals surface area contributed by atoms with E-state index in [1.54, 1.807) is 53.6 Å². The van der Waals surface area contributed by atoms with Crippen molar-refractivity contribution in [3.8, 4) is 0 Å². The van der Waals surface area contributed by atoms with Crippen LogP contribution in [-0.4, -0.2) is 30.9 Å². The molecule has 1 saturated heterocycles. The van der Waals surface area contributed by atoms with Crippen LogP contribution in [0.1, 0.15) is 27.1 Å². The molecule has 2 N–H and O–H groups in total. The van der Waals surface area contributed by atoms with Crippen LogP contribution >= 0.6 is 23.4 Å². The van der Waals surface area contributed by atoms with E-state index in [-0.39, 0.29) is 22.1 Å².